The molecule has 0 fully saturated rings. The molecule has 8 heteroatoms. The molecule has 0 heterocycles. The number of nitrogens with one attached hydrogen (secondary N) is 2. The summed E-state index contributed by atoms with van der Waals surface area (Å²) in [6.45, 7) is 0.150. The van der Waals surface area contributed by atoms with Gasteiger partial charge in [-0.25, -0.2) is 13.1 Å². The SMILES string of the molecule is COc1ccc(Cl)cc1NC(=O)c1ccc(CNS(=O)(=O)Cc2ccc3c(c2)CCC3)cc1. The fourth-order valence-corrected chi connectivity index (χ4v) is 5.20. The molecule has 0 spiro atoms. The second kappa shape index (κ2) is 9.95. The average Bonchev–Trinajstić information content (AvgIpc) is 3.26. The van der Waals surface area contributed by atoms with E-state index in [0.717, 1.165) is 30.4 Å². The highest BCUT2D eigenvalue weighted by atomic mass is 35.5. The molecule has 4 rings (SSSR count). The minimum atomic E-state index is -3.48. The third-order valence-corrected chi connectivity index (χ3v) is 7.17. The van der Waals surface area contributed by atoms with E-state index in [1.54, 1.807) is 42.5 Å². The molecule has 0 saturated carbocycles. The van der Waals surface area contributed by atoms with Crippen molar-refractivity contribution in [1.29, 1.82) is 0 Å². The molecule has 1 aliphatic carbocycles. The number of fused-ring (bicyclic) bond motifs is 1. The van der Waals surface area contributed by atoms with E-state index in [1.807, 2.05) is 18.2 Å². The normalized spacial score (nSPS) is 12.9. The molecule has 33 heavy (non-hydrogen) atoms. The number of aryl methyl sites for hydroxylation is 2. The summed E-state index contributed by atoms with van der Waals surface area (Å²) < 4.78 is 33.0. The zero-order valence-electron chi connectivity index (χ0n) is 18.2. The standard InChI is InChI=1S/C25H25ClN2O4S/c1-32-24-12-11-22(26)14-23(24)28-25(29)20-9-5-17(6-10-20)15-27-33(30,31)16-18-7-8-19-3-2-4-21(19)13-18/h5-14,27H,2-4,15-16H2,1H3,(H,28,29). The van der Waals surface area contributed by atoms with Gasteiger partial charge in [-0.2, -0.15) is 0 Å². The molecule has 1 amide bonds. The number of ether oxygens (including phenoxy) is 1. The first-order valence-electron chi connectivity index (χ1n) is 10.6. The molecule has 3 aromatic rings. The van der Waals surface area contributed by atoms with Crippen molar-refractivity contribution in [3.8, 4) is 5.75 Å². The van der Waals surface area contributed by atoms with Crippen molar-refractivity contribution in [1.82, 2.24) is 4.72 Å². The first-order valence-corrected chi connectivity index (χ1v) is 12.7. The summed E-state index contributed by atoms with van der Waals surface area (Å²) in [7, 11) is -1.97. The Morgan fingerprint density at radius 3 is 2.45 bits per heavy atom. The molecule has 1 aliphatic rings. The van der Waals surface area contributed by atoms with Gasteiger partial charge < -0.3 is 10.1 Å². The fraction of sp³-hybridized carbons (Fsp3) is 0.240. The number of halogens is 1. The summed E-state index contributed by atoms with van der Waals surface area (Å²) in [5.41, 5.74) is 5.03. The summed E-state index contributed by atoms with van der Waals surface area (Å²) in [5.74, 6) is 0.129. The van der Waals surface area contributed by atoms with E-state index in [2.05, 4.69) is 10.0 Å². The molecule has 0 saturated heterocycles. The molecular formula is C25H25ClN2O4S. The molecule has 0 aliphatic heterocycles. The van der Waals surface area contributed by atoms with Gasteiger partial charge in [0, 0.05) is 17.1 Å². The van der Waals surface area contributed by atoms with Crippen LogP contribution in [0.2, 0.25) is 5.02 Å². The molecule has 0 aromatic heterocycles. The first kappa shape index (κ1) is 23.3. The number of anilines is 1. The third-order valence-electron chi connectivity index (χ3n) is 5.64. The Kier molecular flexibility index (Phi) is 7.02. The van der Waals surface area contributed by atoms with Gasteiger partial charge in [0.1, 0.15) is 5.75 Å². The predicted octanol–water partition coefficient (Wildman–Crippen LogP) is 4.71. The van der Waals surface area contributed by atoms with Gasteiger partial charge in [-0.3, -0.25) is 4.79 Å². The number of benzene rings is 3. The molecular weight excluding hydrogens is 460 g/mol. The van der Waals surface area contributed by atoms with Crippen molar-refractivity contribution in [2.24, 2.45) is 0 Å². The van der Waals surface area contributed by atoms with Gasteiger partial charge >= 0.3 is 0 Å². The lowest BCUT2D eigenvalue weighted by Crippen LogP contribution is -2.24. The predicted molar refractivity (Wildman–Crippen MR) is 130 cm³/mol. The summed E-state index contributed by atoms with van der Waals surface area (Å²) in [5, 5.41) is 3.26. The highest BCUT2D eigenvalue weighted by Crippen LogP contribution is 2.28. The molecule has 2 N–H and O–H groups in total. The molecule has 172 valence electrons. The van der Waals surface area contributed by atoms with Crippen LogP contribution in [-0.2, 0) is 35.2 Å². The van der Waals surface area contributed by atoms with E-state index >= 15 is 0 Å². The quantitative estimate of drug-likeness (QED) is 0.485. The lowest BCUT2D eigenvalue weighted by Gasteiger charge is -2.11. The Morgan fingerprint density at radius 1 is 0.970 bits per heavy atom. The van der Waals surface area contributed by atoms with Gasteiger partial charge in [0.2, 0.25) is 10.0 Å². The van der Waals surface area contributed by atoms with E-state index in [4.69, 9.17) is 16.3 Å². The number of carbonyl (C=O) groups is 1. The van der Waals surface area contributed by atoms with E-state index in [9.17, 15) is 13.2 Å². The average molecular weight is 485 g/mol. The van der Waals surface area contributed by atoms with E-state index < -0.39 is 10.0 Å². The lowest BCUT2D eigenvalue weighted by molar-refractivity contribution is 0.102. The maximum absolute atomic E-state index is 12.6. The Balaban J connectivity index is 1.35. The van der Waals surface area contributed by atoms with Crippen LogP contribution in [0.4, 0.5) is 5.69 Å². The van der Waals surface area contributed by atoms with Crippen molar-refractivity contribution >= 4 is 33.2 Å². The van der Waals surface area contributed by atoms with Crippen LogP contribution in [0.1, 0.15) is 39.0 Å². The second-order valence-electron chi connectivity index (χ2n) is 8.03. The van der Waals surface area contributed by atoms with Crippen molar-refractivity contribution in [3.05, 3.63) is 93.5 Å². The molecule has 0 atom stereocenters. The Morgan fingerprint density at radius 2 is 1.70 bits per heavy atom. The molecule has 3 aromatic carbocycles. The summed E-state index contributed by atoms with van der Waals surface area (Å²) in [6, 6.07) is 17.6. The first-order chi connectivity index (χ1) is 15.8. The van der Waals surface area contributed by atoms with Gasteiger partial charge in [-0.1, -0.05) is 41.9 Å². The van der Waals surface area contributed by atoms with Crippen LogP contribution < -0.4 is 14.8 Å². The van der Waals surface area contributed by atoms with Gasteiger partial charge in [0.15, 0.2) is 0 Å². The lowest BCUT2D eigenvalue weighted by atomic mass is 10.1. The zero-order valence-corrected chi connectivity index (χ0v) is 19.8. The summed E-state index contributed by atoms with van der Waals surface area (Å²) in [6.07, 6.45) is 3.21. The Hall–Kier alpha value is -2.87. The van der Waals surface area contributed by atoms with Gasteiger partial charge in [0.05, 0.1) is 18.6 Å². The van der Waals surface area contributed by atoms with Crippen molar-refractivity contribution in [3.63, 3.8) is 0 Å². The van der Waals surface area contributed by atoms with E-state index in [0.29, 0.717) is 22.0 Å². The van der Waals surface area contributed by atoms with Gasteiger partial charge in [0.25, 0.3) is 5.91 Å². The van der Waals surface area contributed by atoms with Crippen molar-refractivity contribution in [2.45, 2.75) is 31.6 Å². The summed E-state index contributed by atoms with van der Waals surface area (Å²) >= 11 is 6.01. The van der Waals surface area contributed by atoms with Crippen LogP contribution in [0, 0.1) is 0 Å². The highest BCUT2D eigenvalue weighted by Gasteiger charge is 2.16. The molecule has 0 bridgehead atoms. The minimum absolute atomic E-state index is 0.0533. The van der Waals surface area contributed by atoms with Crippen LogP contribution >= 0.6 is 11.6 Å². The van der Waals surface area contributed by atoms with Crippen molar-refractivity contribution in [2.75, 3.05) is 12.4 Å². The molecule has 0 unspecified atom stereocenters. The third kappa shape index (κ3) is 5.93. The minimum Gasteiger partial charge on any atom is -0.495 e. The number of hydrogen-bond donors (Lipinski definition) is 2. The fourth-order valence-electron chi connectivity index (χ4n) is 3.93. The van der Waals surface area contributed by atoms with E-state index in [-0.39, 0.29) is 18.2 Å². The number of methoxy groups -OCH3 is 1. The summed E-state index contributed by atoms with van der Waals surface area (Å²) in [4.78, 5) is 12.6. The number of carbonyl (C=O) groups excluding carboxylic acids is 1. The maximum atomic E-state index is 12.6. The van der Waals surface area contributed by atoms with Crippen LogP contribution in [-0.4, -0.2) is 21.4 Å². The highest BCUT2D eigenvalue weighted by molar-refractivity contribution is 7.88. The Labute approximate surface area is 199 Å². The van der Waals surface area contributed by atoms with Crippen molar-refractivity contribution < 1.29 is 17.9 Å². The van der Waals surface area contributed by atoms with Crippen LogP contribution in [0.3, 0.4) is 0 Å². The van der Waals surface area contributed by atoms with Gasteiger partial charge in [-0.05, 0) is 71.8 Å². The van der Waals surface area contributed by atoms with Crippen LogP contribution in [0.15, 0.2) is 60.7 Å². The van der Waals surface area contributed by atoms with E-state index in [1.165, 1.54) is 18.2 Å². The number of amides is 1. The Bertz CT molecular complexity index is 1270. The monoisotopic (exact) mass is 484 g/mol. The number of hydrogen-bond acceptors (Lipinski definition) is 4. The largest absolute Gasteiger partial charge is 0.495 e. The second-order valence-corrected chi connectivity index (χ2v) is 10.3. The number of sulfonamides is 1. The topological polar surface area (TPSA) is 84.5 Å². The zero-order chi connectivity index (χ0) is 23.4. The van der Waals surface area contributed by atoms with Crippen LogP contribution in [0.5, 0.6) is 5.75 Å². The van der Waals surface area contributed by atoms with Gasteiger partial charge in [-0.15, -0.1) is 0 Å². The smallest absolute Gasteiger partial charge is 0.255 e. The maximum Gasteiger partial charge on any atom is 0.255 e. The molecule has 0 radical (unpaired) electrons. The molecule has 6 nitrogen and oxygen atoms in total. The van der Waals surface area contributed by atoms with Crippen LogP contribution in [0.25, 0.3) is 0 Å². The number of rotatable bonds is 8.